The molecule has 1 amide bonds. The number of nitrogens with two attached hydrogens (primary N) is 1. The van der Waals surface area contributed by atoms with Crippen molar-refractivity contribution in [1.82, 2.24) is 4.90 Å². The van der Waals surface area contributed by atoms with E-state index in [0.29, 0.717) is 18.4 Å². The topological polar surface area (TPSA) is 181 Å². The van der Waals surface area contributed by atoms with Gasteiger partial charge in [-0.25, -0.2) is 0 Å². The lowest BCUT2D eigenvalue weighted by Gasteiger charge is -2.56. The molecule has 8 atom stereocenters. The van der Waals surface area contributed by atoms with Gasteiger partial charge in [0.2, 0.25) is 5.91 Å². The van der Waals surface area contributed by atoms with Crippen molar-refractivity contribution >= 4 is 35.0 Å². The predicted molar refractivity (Wildman–Crippen MR) is 124 cm³/mol. The molecule has 3 saturated carbocycles. The maximum absolute atomic E-state index is 14.0. The fraction of sp³-hybridized carbons (Fsp3) is 0.538. The number of hydrogen-bond donors (Lipinski definition) is 3. The Morgan fingerprint density at radius 2 is 1.76 bits per heavy atom. The van der Waals surface area contributed by atoms with E-state index >= 15 is 0 Å². The van der Waals surface area contributed by atoms with Crippen molar-refractivity contribution in [3.05, 3.63) is 29.3 Å². The molecule has 4 aliphatic carbocycles. The highest BCUT2D eigenvalue weighted by Gasteiger charge is 2.74. The van der Waals surface area contributed by atoms with Crippen molar-refractivity contribution in [3.8, 4) is 5.75 Å². The molecule has 0 radical (unpaired) electrons. The summed E-state index contributed by atoms with van der Waals surface area (Å²) in [7, 11) is 2.94. The van der Waals surface area contributed by atoms with E-state index < -0.39 is 88.3 Å². The van der Waals surface area contributed by atoms with E-state index in [-0.39, 0.29) is 11.3 Å². The summed E-state index contributed by atoms with van der Waals surface area (Å²) in [6.07, 6.45) is -0.237. The Morgan fingerprint density at radius 3 is 2.32 bits per heavy atom. The van der Waals surface area contributed by atoms with Crippen LogP contribution in [-0.4, -0.2) is 82.0 Å². The van der Waals surface area contributed by atoms with Gasteiger partial charge in [0, 0.05) is 5.92 Å². The van der Waals surface area contributed by atoms with Crippen LogP contribution in [-0.2, 0) is 28.7 Å². The molecule has 1 aromatic rings. The summed E-state index contributed by atoms with van der Waals surface area (Å²) in [6.45, 7) is 1.70. The van der Waals surface area contributed by atoms with Crippen LogP contribution in [0.5, 0.6) is 5.75 Å². The minimum absolute atomic E-state index is 0.117. The van der Waals surface area contributed by atoms with Crippen LogP contribution >= 0.6 is 0 Å². The lowest BCUT2D eigenvalue weighted by atomic mass is 9.49. The Kier molecular flexibility index (Phi) is 5.65. The number of fused-ring (bicyclic) bond motifs is 3. The van der Waals surface area contributed by atoms with Crippen molar-refractivity contribution in [1.29, 1.82) is 0 Å². The lowest BCUT2D eigenvalue weighted by Crippen LogP contribution is -2.78. The van der Waals surface area contributed by atoms with Crippen LogP contribution in [0.4, 0.5) is 0 Å². The molecule has 0 bridgehead atoms. The van der Waals surface area contributed by atoms with Gasteiger partial charge in [-0.1, -0.05) is 19.1 Å². The van der Waals surface area contributed by atoms with E-state index in [4.69, 9.17) is 10.5 Å². The Bertz CT molecular complexity index is 1270. The average Bonchev–Trinajstić information content (AvgIpc) is 3.66. The van der Waals surface area contributed by atoms with Gasteiger partial charge in [0.25, 0.3) is 0 Å². The number of aromatic hydroxyl groups is 1. The smallest absolute Gasteiger partial charge is 0.309 e. The standard InChI is InChI=1S/C26H28N2O9/c1-9-11-5-4-6-12(29)14(11)19(30)15-13(9)21(37-25(35)10-7-8-10)17-18(28(2)3)20(31)16(24(27)34)23(33)26(17,36)22(15)32/h4-6,9-10,13,15-18,21,29,36H,7-8H2,1-3H3,(H2,27,34)/t9-,13+,15?,16?,17+,18?,21-,26-/m0/s1. The van der Waals surface area contributed by atoms with Crippen LogP contribution in [0.1, 0.15) is 41.6 Å². The number of likely N-dealkylation sites (N-methyl/N-ethyl adjacent to an activating group) is 1. The number of phenolic OH excluding ortho intramolecular Hbond substituents is 1. The van der Waals surface area contributed by atoms with Gasteiger partial charge in [0.1, 0.15) is 11.9 Å². The number of Topliss-reactive ketones (excluding diaryl/α,β-unsaturated/α-hetero) is 4. The van der Waals surface area contributed by atoms with E-state index in [1.54, 1.807) is 13.0 Å². The maximum atomic E-state index is 14.0. The van der Waals surface area contributed by atoms with E-state index in [1.165, 1.54) is 31.1 Å². The molecule has 0 aliphatic heterocycles. The van der Waals surface area contributed by atoms with Gasteiger partial charge < -0.3 is 20.7 Å². The first-order chi connectivity index (χ1) is 17.3. The molecule has 37 heavy (non-hydrogen) atoms. The van der Waals surface area contributed by atoms with Crippen molar-refractivity contribution in [2.45, 2.75) is 43.4 Å². The molecule has 4 aliphatic rings. The molecule has 3 unspecified atom stereocenters. The molecular formula is C26H28N2O9. The Balaban J connectivity index is 1.76. The number of ketones is 4. The zero-order chi connectivity index (χ0) is 27.1. The number of esters is 1. The lowest BCUT2D eigenvalue weighted by molar-refractivity contribution is -0.206. The average molecular weight is 513 g/mol. The molecule has 11 nitrogen and oxygen atoms in total. The highest BCUT2D eigenvalue weighted by molar-refractivity contribution is 6.32. The van der Waals surface area contributed by atoms with Gasteiger partial charge in [-0.2, -0.15) is 0 Å². The highest BCUT2D eigenvalue weighted by atomic mass is 16.5. The summed E-state index contributed by atoms with van der Waals surface area (Å²) in [4.78, 5) is 81.2. The number of rotatable bonds is 4. The zero-order valence-electron chi connectivity index (χ0n) is 20.5. The third-order valence-corrected chi connectivity index (χ3v) is 8.49. The summed E-state index contributed by atoms with van der Waals surface area (Å²) < 4.78 is 5.89. The number of benzene rings is 1. The fourth-order valence-electron chi connectivity index (χ4n) is 6.62. The molecule has 4 N–H and O–H groups in total. The number of ether oxygens (including phenoxy) is 1. The third kappa shape index (κ3) is 3.33. The maximum Gasteiger partial charge on any atom is 0.309 e. The quantitative estimate of drug-likeness (QED) is 0.347. The SMILES string of the molecule is C[C@H]1c2cccc(O)c2C(=O)C2C(=O)[C@]3(O)C(=O)C(C(N)=O)C(=O)C(N(C)C)[C@@H]3[C@@H](OC(=O)C3CC3)[C@@H]21. The van der Waals surface area contributed by atoms with Crippen LogP contribution in [0.2, 0.25) is 0 Å². The number of primary amides is 1. The summed E-state index contributed by atoms with van der Waals surface area (Å²) in [5.74, 6) is -14.1. The first kappa shape index (κ1) is 25.2. The van der Waals surface area contributed by atoms with Crippen LogP contribution in [0.15, 0.2) is 18.2 Å². The van der Waals surface area contributed by atoms with E-state index in [2.05, 4.69) is 0 Å². The molecule has 0 aromatic heterocycles. The molecule has 11 heteroatoms. The molecule has 1 aromatic carbocycles. The van der Waals surface area contributed by atoms with Gasteiger partial charge in [-0.05, 0) is 44.5 Å². The number of carbonyl (C=O) groups is 6. The minimum Gasteiger partial charge on any atom is -0.507 e. The summed E-state index contributed by atoms with van der Waals surface area (Å²) in [5, 5.41) is 22.4. The number of carbonyl (C=O) groups excluding carboxylic acids is 6. The molecule has 0 saturated heterocycles. The number of nitrogens with zero attached hydrogens (tertiary/aromatic N) is 1. The molecule has 0 spiro atoms. The number of hydrogen-bond acceptors (Lipinski definition) is 10. The molecule has 0 heterocycles. The number of phenols is 1. The van der Waals surface area contributed by atoms with Crippen molar-refractivity contribution < 1.29 is 43.7 Å². The van der Waals surface area contributed by atoms with Crippen molar-refractivity contribution in [2.75, 3.05) is 14.1 Å². The fourth-order valence-corrected chi connectivity index (χ4v) is 6.62. The molecule has 3 fully saturated rings. The third-order valence-electron chi connectivity index (χ3n) is 8.49. The van der Waals surface area contributed by atoms with E-state index in [9.17, 15) is 39.0 Å². The van der Waals surface area contributed by atoms with Crippen LogP contribution in [0, 0.1) is 29.6 Å². The minimum atomic E-state index is -3.00. The van der Waals surface area contributed by atoms with Crippen LogP contribution in [0.25, 0.3) is 0 Å². The Morgan fingerprint density at radius 1 is 1.11 bits per heavy atom. The van der Waals surface area contributed by atoms with E-state index in [1.807, 2.05) is 0 Å². The summed E-state index contributed by atoms with van der Waals surface area (Å²) in [6, 6.07) is 3.05. The highest BCUT2D eigenvalue weighted by Crippen LogP contribution is 2.55. The largest absolute Gasteiger partial charge is 0.507 e. The molecule has 196 valence electrons. The normalized spacial score (nSPS) is 37.1. The van der Waals surface area contributed by atoms with Gasteiger partial charge in [0.05, 0.1) is 29.4 Å². The first-order valence-corrected chi connectivity index (χ1v) is 12.2. The second kappa shape index (κ2) is 8.29. The van der Waals surface area contributed by atoms with E-state index in [0.717, 1.165) is 0 Å². The second-order valence-corrected chi connectivity index (χ2v) is 10.8. The Labute approximate surface area is 211 Å². The van der Waals surface area contributed by atoms with Crippen molar-refractivity contribution in [3.63, 3.8) is 0 Å². The Hall–Kier alpha value is -3.44. The summed E-state index contributed by atoms with van der Waals surface area (Å²) in [5.41, 5.74) is 2.65. The van der Waals surface area contributed by atoms with Crippen LogP contribution in [0.3, 0.4) is 0 Å². The van der Waals surface area contributed by atoms with Gasteiger partial charge in [-0.15, -0.1) is 0 Å². The molecule has 5 rings (SSSR count). The molecular weight excluding hydrogens is 484 g/mol. The second-order valence-electron chi connectivity index (χ2n) is 10.8. The number of aliphatic hydroxyl groups is 1. The van der Waals surface area contributed by atoms with Crippen LogP contribution < -0.4 is 5.73 Å². The van der Waals surface area contributed by atoms with Gasteiger partial charge in [-0.3, -0.25) is 33.7 Å². The zero-order valence-corrected chi connectivity index (χ0v) is 20.5. The predicted octanol–water partition coefficient (Wildman–Crippen LogP) is -0.640. The van der Waals surface area contributed by atoms with Gasteiger partial charge in [0.15, 0.2) is 34.7 Å². The van der Waals surface area contributed by atoms with Gasteiger partial charge >= 0.3 is 5.97 Å². The number of amides is 1. The monoisotopic (exact) mass is 512 g/mol. The summed E-state index contributed by atoms with van der Waals surface area (Å²) >= 11 is 0. The first-order valence-electron chi connectivity index (χ1n) is 12.2. The van der Waals surface area contributed by atoms with Crippen molar-refractivity contribution in [2.24, 2.45) is 35.3 Å².